The molecule has 10 heteroatoms. The van der Waals surface area contributed by atoms with E-state index in [9.17, 15) is 0 Å². The number of hydrazine groups is 1. The van der Waals surface area contributed by atoms with E-state index in [0.717, 1.165) is 42.6 Å². The van der Waals surface area contributed by atoms with Crippen molar-refractivity contribution in [3.05, 3.63) is 39.9 Å². The van der Waals surface area contributed by atoms with Crippen molar-refractivity contribution in [2.75, 3.05) is 67.3 Å². The maximum absolute atomic E-state index is 8.66. The Morgan fingerprint density at radius 3 is 2.54 bits per heavy atom. The van der Waals surface area contributed by atoms with Gasteiger partial charge in [-0.3, -0.25) is 5.01 Å². The summed E-state index contributed by atoms with van der Waals surface area (Å²) in [5.74, 6) is 8.15. The molecular formula is C25H39Cl2N7O. The highest BCUT2D eigenvalue weighted by atomic mass is 35.5. The van der Waals surface area contributed by atoms with Crippen LogP contribution in [0.2, 0.25) is 10.0 Å². The number of nitrogen functional groups attached to an aromatic ring is 1. The molecule has 2 unspecified atom stereocenters. The Kier molecular flexibility index (Phi) is 10.1. The summed E-state index contributed by atoms with van der Waals surface area (Å²) in [5, 5.41) is 14.7. The molecule has 2 saturated heterocycles. The van der Waals surface area contributed by atoms with Crippen LogP contribution in [-0.4, -0.2) is 61.4 Å². The molecule has 2 fully saturated rings. The highest BCUT2D eigenvalue weighted by Crippen LogP contribution is 2.36. The van der Waals surface area contributed by atoms with Gasteiger partial charge in [0, 0.05) is 49.3 Å². The maximum atomic E-state index is 8.66. The van der Waals surface area contributed by atoms with Crippen LogP contribution in [0.5, 0.6) is 0 Å². The Morgan fingerprint density at radius 2 is 1.97 bits per heavy atom. The number of aliphatic hydroxyl groups excluding tert-OH is 1. The van der Waals surface area contributed by atoms with Gasteiger partial charge in [-0.25, -0.2) is 10.8 Å². The van der Waals surface area contributed by atoms with Crippen molar-refractivity contribution in [3.63, 3.8) is 0 Å². The van der Waals surface area contributed by atoms with E-state index in [0.29, 0.717) is 28.2 Å². The fourth-order valence-electron chi connectivity index (χ4n) is 4.42. The Hall–Kier alpha value is -1.97. The normalized spacial score (nSPS) is 18.8. The fourth-order valence-corrected chi connectivity index (χ4v) is 4.99. The number of aliphatic hydroxyl groups is 1. The molecule has 2 aromatic rings. The van der Waals surface area contributed by atoms with Crippen molar-refractivity contribution >= 4 is 46.2 Å². The molecule has 4 rings (SSSR count). The van der Waals surface area contributed by atoms with Crippen LogP contribution < -0.4 is 26.8 Å². The van der Waals surface area contributed by atoms with Crippen molar-refractivity contribution in [1.29, 1.82) is 0 Å². The lowest BCUT2D eigenvalue weighted by Gasteiger charge is -2.33. The Bertz CT molecular complexity index is 969. The number of anilines is 4. The number of aromatic nitrogens is 1. The van der Waals surface area contributed by atoms with Gasteiger partial charge in [0.05, 0.1) is 24.0 Å². The molecular weight excluding hydrogens is 485 g/mol. The monoisotopic (exact) mass is 523 g/mol. The topological polar surface area (TPSA) is 107 Å². The van der Waals surface area contributed by atoms with Crippen LogP contribution in [-0.2, 0) is 0 Å². The number of nitrogens with one attached hydrogen (secondary N) is 1. The van der Waals surface area contributed by atoms with E-state index in [4.69, 9.17) is 39.9 Å². The van der Waals surface area contributed by atoms with Crippen molar-refractivity contribution in [2.24, 2.45) is 11.8 Å². The highest BCUT2D eigenvalue weighted by Gasteiger charge is 2.21. The molecule has 1 aromatic heterocycles. The highest BCUT2D eigenvalue weighted by molar-refractivity contribution is 6.35. The van der Waals surface area contributed by atoms with Crippen LogP contribution >= 0.6 is 23.2 Å². The number of pyridine rings is 1. The first-order valence-corrected chi connectivity index (χ1v) is 13.0. The molecule has 0 spiro atoms. The number of halogens is 2. The predicted octanol–water partition coefficient (Wildman–Crippen LogP) is 4.37. The predicted molar refractivity (Wildman–Crippen MR) is 148 cm³/mol. The average Bonchev–Trinajstić information content (AvgIpc) is 2.75. The van der Waals surface area contributed by atoms with Crippen LogP contribution in [0.3, 0.4) is 0 Å². The summed E-state index contributed by atoms with van der Waals surface area (Å²) < 4.78 is 0. The van der Waals surface area contributed by atoms with Crippen LogP contribution in [0.4, 0.5) is 23.0 Å². The van der Waals surface area contributed by atoms with E-state index >= 15 is 0 Å². The number of piperidine rings is 1. The second kappa shape index (κ2) is 12.8. The molecule has 1 aromatic carbocycles. The van der Waals surface area contributed by atoms with Crippen molar-refractivity contribution in [1.82, 2.24) is 9.88 Å². The summed E-state index contributed by atoms with van der Waals surface area (Å²) >= 11 is 12.3. The fraction of sp³-hybridized carbons (Fsp3) is 0.560. The first-order chi connectivity index (χ1) is 16.7. The third-order valence-corrected chi connectivity index (χ3v) is 7.06. The van der Waals surface area contributed by atoms with Gasteiger partial charge >= 0.3 is 0 Å². The van der Waals surface area contributed by atoms with E-state index in [-0.39, 0.29) is 6.04 Å². The van der Waals surface area contributed by atoms with E-state index in [2.05, 4.69) is 27.0 Å². The minimum absolute atomic E-state index is 0.0605. The minimum Gasteiger partial charge on any atom is -0.395 e. The number of β-amino-alcohol motifs (C(OH)–C–C–N with tert-alkyl or cyclic N) is 1. The van der Waals surface area contributed by atoms with Crippen LogP contribution in [0.15, 0.2) is 24.3 Å². The number of nitrogens with two attached hydrogens (primary N) is 2. The largest absolute Gasteiger partial charge is 0.395 e. The third-order valence-electron chi connectivity index (χ3n) is 6.50. The van der Waals surface area contributed by atoms with Gasteiger partial charge in [-0.2, -0.15) is 0 Å². The summed E-state index contributed by atoms with van der Waals surface area (Å²) in [4.78, 5) is 9.12. The van der Waals surface area contributed by atoms with Crippen molar-refractivity contribution < 1.29 is 5.11 Å². The summed E-state index contributed by atoms with van der Waals surface area (Å²) in [6.45, 7) is 9.82. The molecule has 0 radical (unpaired) electrons. The number of hydrogen-bond donors (Lipinski definition) is 4. The Morgan fingerprint density at radius 1 is 1.23 bits per heavy atom. The quantitative estimate of drug-likeness (QED) is 0.313. The van der Waals surface area contributed by atoms with Gasteiger partial charge in [0.1, 0.15) is 5.82 Å². The zero-order chi connectivity index (χ0) is 25.5. The van der Waals surface area contributed by atoms with E-state index in [1.807, 2.05) is 25.1 Å². The second-order valence-electron chi connectivity index (χ2n) is 9.52. The van der Waals surface area contributed by atoms with Gasteiger partial charge in [0.25, 0.3) is 0 Å². The second-order valence-corrected chi connectivity index (χ2v) is 10.4. The van der Waals surface area contributed by atoms with Crippen LogP contribution in [0.25, 0.3) is 0 Å². The van der Waals surface area contributed by atoms with Crippen LogP contribution in [0, 0.1) is 5.92 Å². The summed E-state index contributed by atoms with van der Waals surface area (Å²) in [5.41, 5.74) is 8.51. The standard InChI is InChI=1S/C17H22Cl2N6.C8H17NO/c1-10(12-5-4-11(18)8-13(12)19)22-14-9-15(25-6-3-7-25)23-17(16(14)20)24(2)21;1-8-3-2-4-9(7-8)5-6-10/h4-5,8-10H,3,6-7,20-21H2,1-2H3,(H,22,23);8,10H,2-7H2,1H3. The molecule has 0 amide bonds. The minimum atomic E-state index is -0.0605. The lowest BCUT2D eigenvalue weighted by atomic mass is 10.0. The third kappa shape index (κ3) is 7.51. The molecule has 2 atom stereocenters. The molecule has 8 nitrogen and oxygen atoms in total. The molecule has 194 valence electrons. The van der Waals surface area contributed by atoms with E-state index in [1.54, 1.807) is 13.1 Å². The zero-order valence-corrected chi connectivity index (χ0v) is 22.5. The smallest absolute Gasteiger partial charge is 0.170 e. The maximum Gasteiger partial charge on any atom is 0.170 e. The van der Waals surface area contributed by atoms with Gasteiger partial charge in [-0.05, 0) is 56.3 Å². The van der Waals surface area contributed by atoms with Crippen molar-refractivity contribution in [2.45, 2.75) is 39.2 Å². The average molecular weight is 525 g/mol. The molecule has 0 aliphatic carbocycles. The lowest BCUT2D eigenvalue weighted by Crippen LogP contribution is -2.38. The first-order valence-electron chi connectivity index (χ1n) is 12.3. The number of hydrogen-bond acceptors (Lipinski definition) is 8. The Balaban J connectivity index is 0.000000287. The molecule has 3 heterocycles. The van der Waals surface area contributed by atoms with Gasteiger partial charge < -0.3 is 26.0 Å². The van der Waals surface area contributed by atoms with Gasteiger partial charge in [-0.15, -0.1) is 0 Å². The van der Waals surface area contributed by atoms with E-state index < -0.39 is 0 Å². The molecule has 2 aliphatic heterocycles. The zero-order valence-electron chi connectivity index (χ0n) is 21.0. The van der Waals surface area contributed by atoms with Crippen LogP contribution in [0.1, 0.15) is 44.7 Å². The van der Waals surface area contributed by atoms with Gasteiger partial charge in [-0.1, -0.05) is 36.2 Å². The Labute approximate surface area is 219 Å². The molecule has 6 N–H and O–H groups in total. The molecule has 0 saturated carbocycles. The van der Waals surface area contributed by atoms with E-state index in [1.165, 1.54) is 37.4 Å². The van der Waals surface area contributed by atoms with Gasteiger partial charge in [0.2, 0.25) is 0 Å². The lowest BCUT2D eigenvalue weighted by molar-refractivity contribution is 0.146. The molecule has 35 heavy (non-hydrogen) atoms. The summed E-state index contributed by atoms with van der Waals surface area (Å²) in [7, 11) is 1.72. The number of rotatable bonds is 7. The molecule has 2 aliphatic rings. The SMILES string of the molecule is CC(Nc1cc(N2CCC2)nc(N(C)N)c1N)c1ccc(Cl)cc1Cl.CC1CCCN(CCO)C1. The number of nitrogens with zero attached hydrogens (tertiary/aromatic N) is 4. The number of benzene rings is 1. The first kappa shape index (κ1) is 27.6. The van der Waals surface area contributed by atoms with Crippen molar-refractivity contribution in [3.8, 4) is 0 Å². The van der Waals surface area contributed by atoms with Gasteiger partial charge in [0.15, 0.2) is 5.82 Å². The summed E-state index contributed by atoms with van der Waals surface area (Å²) in [6, 6.07) is 7.36. The number of likely N-dealkylation sites (tertiary alicyclic amines) is 1. The molecule has 0 bridgehead atoms. The summed E-state index contributed by atoms with van der Waals surface area (Å²) in [6.07, 6.45) is 3.84.